The van der Waals surface area contributed by atoms with Crippen LogP contribution in [0.4, 0.5) is 0 Å². The lowest BCUT2D eigenvalue weighted by molar-refractivity contribution is 0.483. The molecule has 4 N–H and O–H groups in total. The van der Waals surface area contributed by atoms with Gasteiger partial charge in [-0.3, -0.25) is 9.97 Å². The number of rotatable bonds is 0. The molecule has 0 amide bonds. The Morgan fingerprint density at radius 2 is 0.800 bits per heavy atom. The average Bonchev–Trinajstić information content (AvgIpc) is 2.77. The van der Waals surface area contributed by atoms with Crippen molar-refractivity contribution in [2.75, 3.05) is 26.2 Å². The Morgan fingerprint density at radius 3 is 1.07 bits per heavy atom. The van der Waals surface area contributed by atoms with E-state index >= 15 is 0 Å². The van der Waals surface area contributed by atoms with Gasteiger partial charge in [0.05, 0.1) is 22.8 Å². The first-order valence-electron chi connectivity index (χ1n) is 11.4. The summed E-state index contributed by atoms with van der Waals surface area (Å²) in [5.74, 6) is 0. The van der Waals surface area contributed by atoms with Crippen LogP contribution < -0.4 is 21.3 Å². The first-order chi connectivity index (χ1) is 14.5. The van der Waals surface area contributed by atoms with E-state index in [1.807, 2.05) is 0 Å². The summed E-state index contributed by atoms with van der Waals surface area (Å²) in [5.41, 5.74) is 4.42. The van der Waals surface area contributed by atoms with Crippen LogP contribution >= 0.6 is 0 Å². The Hall–Kier alpha value is -1.86. The van der Waals surface area contributed by atoms with Crippen LogP contribution in [0.3, 0.4) is 0 Å². The fourth-order valence-corrected chi connectivity index (χ4v) is 3.77. The Bertz CT molecular complexity index is 660. The SMILES string of the molecule is C[C@@H]1NCCCN[C@@H](C)c2cccc(n2)[C@@H](C)NCCCN[C@H](C)c2cccc1n2. The molecule has 1 aliphatic heterocycles. The Kier molecular flexibility index (Phi) is 8.75. The molecule has 30 heavy (non-hydrogen) atoms. The molecule has 164 valence electrons. The number of pyridine rings is 2. The van der Waals surface area contributed by atoms with Gasteiger partial charge in [-0.2, -0.15) is 0 Å². The van der Waals surface area contributed by atoms with Crippen molar-refractivity contribution in [3.63, 3.8) is 0 Å². The van der Waals surface area contributed by atoms with Crippen LogP contribution in [0.2, 0.25) is 0 Å². The maximum Gasteiger partial charge on any atom is 0.0574 e. The van der Waals surface area contributed by atoms with E-state index in [0.29, 0.717) is 0 Å². The van der Waals surface area contributed by atoms with E-state index < -0.39 is 0 Å². The summed E-state index contributed by atoms with van der Waals surface area (Å²) in [6, 6.07) is 13.7. The van der Waals surface area contributed by atoms with E-state index in [4.69, 9.17) is 9.97 Å². The fraction of sp³-hybridized carbons (Fsp3) is 0.583. The van der Waals surface area contributed by atoms with Gasteiger partial charge in [0.25, 0.3) is 0 Å². The Labute approximate surface area is 181 Å². The van der Waals surface area contributed by atoms with Crippen LogP contribution in [0, 0.1) is 0 Å². The molecule has 4 bridgehead atoms. The van der Waals surface area contributed by atoms with Crippen molar-refractivity contribution >= 4 is 0 Å². The van der Waals surface area contributed by atoms with Gasteiger partial charge in [-0.05, 0) is 91.0 Å². The zero-order valence-corrected chi connectivity index (χ0v) is 18.9. The molecule has 0 saturated heterocycles. The number of fused-ring (bicyclic) bond motifs is 4. The molecule has 6 heteroatoms. The third-order valence-corrected chi connectivity index (χ3v) is 5.87. The van der Waals surface area contributed by atoms with Crippen molar-refractivity contribution in [3.8, 4) is 0 Å². The summed E-state index contributed by atoms with van der Waals surface area (Å²) >= 11 is 0. The van der Waals surface area contributed by atoms with Crippen molar-refractivity contribution in [1.29, 1.82) is 0 Å². The molecule has 0 fully saturated rings. The van der Waals surface area contributed by atoms with E-state index in [-0.39, 0.29) is 24.2 Å². The van der Waals surface area contributed by atoms with Gasteiger partial charge in [-0.15, -0.1) is 0 Å². The molecule has 0 saturated carbocycles. The highest BCUT2D eigenvalue weighted by Crippen LogP contribution is 2.16. The second-order valence-corrected chi connectivity index (χ2v) is 8.38. The second-order valence-electron chi connectivity index (χ2n) is 8.38. The van der Waals surface area contributed by atoms with Crippen molar-refractivity contribution in [2.45, 2.75) is 64.7 Å². The van der Waals surface area contributed by atoms with Gasteiger partial charge < -0.3 is 21.3 Å². The second kappa shape index (κ2) is 11.5. The molecule has 2 aromatic rings. The first-order valence-corrected chi connectivity index (χ1v) is 11.4. The summed E-state index contributed by atoms with van der Waals surface area (Å²) in [6.45, 7) is 12.6. The highest BCUT2D eigenvalue weighted by molar-refractivity contribution is 5.17. The van der Waals surface area contributed by atoms with Crippen molar-refractivity contribution in [1.82, 2.24) is 31.2 Å². The zero-order valence-electron chi connectivity index (χ0n) is 18.9. The Morgan fingerprint density at radius 1 is 0.533 bits per heavy atom. The molecule has 6 nitrogen and oxygen atoms in total. The lowest BCUT2D eigenvalue weighted by Gasteiger charge is -2.20. The van der Waals surface area contributed by atoms with Crippen LogP contribution in [-0.2, 0) is 0 Å². The summed E-state index contributed by atoms with van der Waals surface area (Å²) < 4.78 is 0. The predicted octanol–water partition coefficient (Wildman–Crippen LogP) is 3.57. The van der Waals surface area contributed by atoms with Crippen LogP contribution in [0.1, 0.15) is 87.5 Å². The lowest BCUT2D eigenvalue weighted by atomic mass is 10.1. The molecule has 0 radical (unpaired) electrons. The quantitative estimate of drug-likeness (QED) is 0.532. The average molecular weight is 411 g/mol. The first kappa shape index (κ1) is 22.8. The van der Waals surface area contributed by atoms with Gasteiger partial charge in [0, 0.05) is 24.2 Å². The van der Waals surface area contributed by atoms with E-state index in [9.17, 15) is 0 Å². The van der Waals surface area contributed by atoms with Crippen molar-refractivity contribution < 1.29 is 0 Å². The smallest absolute Gasteiger partial charge is 0.0574 e. The fourth-order valence-electron chi connectivity index (χ4n) is 3.77. The topological polar surface area (TPSA) is 73.9 Å². The molecular weight excluding hydrogens is 372 g/mol. The number of hydrogen-bond acceptors (Lipinski definition) is 6. The third kappa shape index (κ3) is 6.57. The maximum absolute atomic E-state index is 4.90. The highest BCUT2D eigenvalue weighted by atomic mass is 15.0. The molecule has 0 aromatic carbocycles. The largest absolute Gasteiger partial charge is 0.309 e. The number of nitrogens with zero attached hydrogens (tertiary/aromatic N) is 2. The maximum atomic E-state index is 4.90. The minimum Gasteiger partial charge on any atom is -0.309 e. The summed E-state index contributed by atoms with van der Waals surface area (Å²) in [5, 5.41) is 14.4. The molecule has 1 aliphatic rings. The molecule has 3 rings (SSSR count). The van der Waals surface area contributed by atoms with E-state index in [2.05, 4.69) is 85.4 Å². The van der Waals surface area contributed by atoms with Crippen LogP contribution in [0.25, 0.3) is 0 Å². The van der Waals surface area contributed by atoms with Crippen molar-refractivity contribution in [3.05, 3.63) is 59.2 Å². The van der Waals surface area contributed by atoms with Gasteiger partial charge in [0.15, 0.2) is 0 Å². The molecular formula is C24H38N6. The standard InChI is InChI=1S/C24H38N6/c1-17-21-9-5-10-22(29-21)18(2)27-15-8-16-28-20(4)24-12-6-11-23(30-24)19(3)26-14-7-13-25-17/h5-6,9-12,17-20,25-28H,7-8,13-16H2,1-4H3/t17-,18+,19-,20+. The lowest BCUT2D eigenvalue weighted by Crippen LogP contribution is -2.29. The number of aromatic nitrogens is 2. The van der Waals surface area contributed by atoms with E-state index in [1.165, 1.54) is 0 Å². The zero-order chi connectivity index (χ0) is 21.3. The van der Waals surface area contributed by atoms with Crippen LogP contribution in [0.5, 0.6) is 0 Å². The van der Waals surface area contributed by atoms with Crippen LogP contribution in [0.15, 0.2) is 36.4 Å². The van der Waals surface area contributed by atoms with E-state index in [0.717, 1.165) is 61.8 Å². The molecule has 3 heterocycles. The number of hydrogen-bond donors (Lipinski definition) is 4. The molecule has 0 aliphatic carbocycles. The Balaban J connectivity index is 1.68. The molecule has 4 atom stereocenters. The van der Waals surface area contributed by atoms with Crippen LogP contribution in [-0.4, -0.2) is 36.1 Å². The van der Waals surface area contributed by atoms with Gasteiger partial charge in [0.2, 0.25) is 0 Å². The van der Waals surface area contributed by atoms with Gasteiger partial charge >= 0.3 is 0 Å². The monoisotopic (exact) mass is 410 g/mol. The van der Waals surface area contributed by atoms with E-state index in [1.54, 1.807) is 0 Å². The van der Waals surface area contributed by atoms with Crippen molar-refractivity contribution in [2.24, 2.45) is 0 Å². The van der Waals surface area contributed by atoms with Gasteiger partial charge in [0.1, 0.15) is 0 Å². The summed E-state index contributed by atoms with van der Waals surface area (Å²) in [4.78, 5) is 9.80. The van der Waals surface area contributed by atoms with Gasteiger partial charge in [-0.1, -0.05) is 12.1 Å². The minimum atomic E-state index is 0.240. The molecule has 2 aromatic heterocycles. The normalized spacial score (nSPS) is 27.3. The predicted molar refractivity (Wildman–Crippen MR) is 123 cm³/mol. The number of nitrogens with one attached hydrogen (secondary N) is 4. The molecule has 0 spiro atoms. The summed E-state index contributed by atoms with van der Waals surface area (Å²) in [6.07, 6.45) is 2.12. The third-order valence-electron chi connectivity index (χ3n) is 5.87. The minimum absolute atomic E-state index is 0.240. The highest BCUT2D eigenvalue weighted by Gasteiger charge is 2.13. The van der Waals surface area contributed by atoms with Gasteiger partial charge in [-0.25, -0.2) is 0 Å². The molecule has 0 unspecified atom stereocenters. The summed E-state index contributed by atoms with van der Waals surface area (Å²) in [7, 11) is 0.